The van der Waals surface area contributed by atoms with Gasteiger partial charge in [-0.1, -0.05) is 6.07 Å². The number of carbonyl (C=O) groups excluding carboxylic acids is 1. The van der Waals surface area contributed by atoms with Gasteiger partial charge in [0.15, 0.2) is 0 Å². The number of aromatic hydroxyl groups is 2. The number of phenols is 2. The number of nitrogens with zero attached hydrogens (tertiary/aromatic N) is 1. The van der Waals surface area contributed by atoms with Crippen LogP contribution in [-0.4, -0.2) is 23.2 Å². The maximum Gasteiger partial charge on any atom is 0.264 e. The van der Waals surface area contributed by atoms with E-state index in [0.29, 0.717) is 5.69 Å². The summed E-state index contributed by atoms with van der Waals surface area (Å²) in [5.74, 6) is -1.79. The highest BCUT2D eigenvalue weighted by molar-refractivity contribution is 6.07. The number of hydrogen-bond acceptors (Lipinski definition) is 3. The fourth-order valence-corrected chi connectivity index (χ4v) is 1.69. The van der Waals surface area contributed by atoms with Crippen LogP contribution in [0.2, 0.25) is 0 Å². The van der Waals surface area contributed by atoms with E-state index in [-0.39, 0.29) is 11.3 Å². The van der Waals surface area contributed by atoms with E-state index in [9.17, 15) is 19.4 Å². The molecule has 0 atom stereocenters. The number of amides is 1. The van der Waals surface area contributed by atoms with Crippen LogP contribution in [-0.2, 0) is 0 Å². The molecule has 0 aliphatic heterocycles. The van der Waals surface area contributed by atoms with Crippen molar-refractivity contribution in [3.8, 4) is 11.5 Å². The van der Waals surface area contributed by atoms with Gasteiger partial charge in [-0.3, -0.25) is 4.79 Å². The highest BCUT2D eigenvalue weighted by atomic mass is 19.1. The lowest BCUT2D eigenvalue weighted by Gasteiger charge is -2.18. The van der Waals surface area contributed by atoms with Crippen molar-refractivity contribution in [3.05, 3.63) is 53.8 Å². The zero-order chi connectivity index (χ0) is 14.0. The number of phenolic OH excluding ortho intramolecular Hbond substituents is 2. The first-order chi connectivity index (χ1) is 9.00. The van der Waals surface area contributed by atoms with Gasteiger partial charge in [0.1, 0.15) is 22.9 Å². The number of carbonyl (C=O) groups is 1. The molecular formula is C14H12FNO3. The first kappa shape index (κ1) is 12.9. The quantitative estimate of drug-likeness (QED) is 0.873. The fourth-order valence-electron chi connectivity index (χ4n) is 1.69. The Kier molecular flexibility index (Phi) is 3.37. The third kappa shape index (κ3) is 2.49. The summed E-state index contributed by atoms with van der Waals surface area (Å²) < 4.78 is 13.6. The van der Waals surface area contributed by atoms with E-state index in [1.54, 1.807) is 0 Å². The maximum absolute atomic E-state index is 13.6. The van der Waals surface area contributed by atoms with Gasteiger partial charge < -0.3 is 15.1 Å². The summed E-state index contributed by atoms with van der Waals surface area (Å²) >= 11 is 0. The molecule has 2 aromatic carbocycles. The molecule has 0 saturated carbocycles. The average Bonchev–Trinajstić information content (AvgIpc) is 2.38. The summed E-state index contributed by atoms with van der Waals surface area (Å²) in [6.07, 6.45) is 0. The Morgan fingerprint density at radius 3 is 2.32 bits per heavy atom. The largest absolute Gasteiger partial charge is 0.508 e. The molecule has 5 heteroatoms. The average molecular weight is 261 g/mol. The number of halogens is 1. The molecule has 2 aromatic rings. The van der Waals surface area contributed by atoms with Crippen LogP contribution in [0.15, 0.2) is 42.5 Å². The van der Waals surface area contributed by atoms with Gasteiger partial charge in [-0.25, -0.2) is 4.39 Å². The molecule has 2 N–H and O–H groups in total. The Balaban J connectivity index is 2.36. The Bertz CT molecular complexity index is 590. The van der Waals surface area contributed by atoms with Gasteiger partial charge in [0, 0.05) is 12.7 Å². The second-order valence-electron chi connectivity index (χ2n) is 4.01. The molecule has 0 unspecified atom stereocenters. The zero-order valence-corrected chi connectivity index (χ0v) is 10.2. The Labute approximate surface area is 109 Å². The molecule has 4 nitrogen and oxygen atoms in total. The lowest BCUT2D eigenvalue weighted by atomic mass is 10.1. The van der Waals surface area contributed by atoms with Crippen molar-refractivity contribution in [1.82, 2.24) is 0 Å². The molecule has 0 fully saturated rings. The summed E-state index contributed by atoms with van der Waals surface area (Å²) in [6, 6.07) is 9.55. The molecule has 0 heterocycles. The predicted molar refractivity (Wildman–Crippen MR) is 68.9 cm³/mol. The number of anilines is 1. The van der Waals surface area contributed by atoms with Gasteiger partial charge in [0.25, 0.3) is 5.91 Å². The first-order valence-corrected chi connectivity index (χ1v) is 5.55. The summed E-state index contributed by atoms with van der Waals surface area (Å²) in [4.78, 5) is 13.3. The summed E-state index contributed by atoms with van der Waals surface area (Å²) in [7, 11) is 1.46. The van der Waals surface area contributed by atoms with E-state index in [0.717, 1.165) is 6.07 Å². The number of rotatable bonds is 2. The maximum atomic E-state index is 13.6. The summed E-state index contributed by atoms with van der Waals surface area (Å²) in [5, 5.41) is 18.8. The first-order valence-electron chi connectivity index (χ1n) is 5.55. The van der Waals surface area contributed by atoms with Crippen molar-refractivity contribution >= 4 is 11.6 Å². The highest BCUT2D eigenvalue weighted by Crippen LogP contribution is 2.24. The van der Waals surface area contributed by atoms with Crippen LogP contribution in [0.25, 0.3) is 0 Å². The van der Waals surface area contributed by atoms with Crippen molar-refractivity contribution < 1.29 is 19.4 Å². The Morgan fingerprint density at radius 2 is 1.74 bits per heavy atom. The molecule has 0 bridgehead atoms. The topological polar surface area (TPSA) is 60.8 Å². The number of hydrogen-bond donors (Lipinski definition) is 2. The third-order valence-electron chi connectivity index (χ3n) is 2.75. The third-order valence-corrected chi connectivity index (χ3v) is 2.75. The zero-order valence-electron chi connectivity index (χ0n) is 10.2. The molecule has 98 valence electrons. The minimum atomic E-state index is -0.782. The Morgan fingerprint density at radius 1 is 1.11 bits per heavy atom. The molecular weight excluding hydrogens is 249 g/mol. The molecule has 0 aliphatic rings. The summed E-state index contributed by atoms with van der Waals surface area (Å²) in [5.41, 5.74) is 0.100. The van der Waals surface area contributed by atoms with E-state index >= 15 is 0 Å². The monoisotopic (exact) mass is 261 g/mol. The fraction of sp³-hybridized carbons (Fsp3) is 0.0714. The van der Waals surface area contributed by atoms with Crippen molar-refractivity contribution in [2.24, 2.45) is 0 Å². The standard InChI is InChI=1S/C14H12FNO3/c1-16(9-5-7-10(17)8-6-9)14(19)13-11(15)3-2-4-12(13)18/h2-8,17-18H,1H3. The van der Waals surface area contributed by atoms with E-state index < -0.39 is 17.5 Å². The van der Waals surface area contributed by atoms with Crippen LogP contribution in [0.5, 0.6) is 11.5 Å². The summed E-state index contributed by atoms with van der Waals surface area (Å²) in [6.45, 7) is 0. The van der Waals surface area contributed by atoms with E-state index in [4.69, 9.17) is 0 Å². The van der Waals surface area contributed by atoms with Crippen molar-refractivity contribution in [2.45, 2.75) is 0 Å². The van der Waals surface area contributed by atoms with Gasteiger partial charge >= 0.3 is 0 Å². The van der Waals surface area contributed by atoms with Gasteiger partial charge in [-0.2, -0.15) is 0 Å². The Hall–Kier alpha value is -2.56. The van der Waals surface area contributed by atoms with Crippen LogP contribution >= 0.6 is 0 Å². The smallest absolute Gasteiger partial charge is 0.264 e. The van der Waals surface area contributed by atoms with Crippen molar-refractivity contribution in [2.75, 3.05) is 11.9 Å². The molecule has 0 aliphatic carbocycles. The SMILES string of the molecule is CN(C(=O)c1c(O)cccc1F)c1ccc(O)cc1. The molecule has 0 spiro atoms. The lowest BCUT2D eigenvalue weighted by Crippen LogP contribution is -2.27. The van der Waals surface area contributed by atoms with Crippen LogP contribution in [0.3, 0.4) is 0 Å². The van der Waals surface area contributed by atoms with Gasteiger partial charge in [-0.05, 0) is 36.4 Å². The molecule has 1 amide bonds. The predicted octanol–water partition coefficient (Wildman–Crippen LogP) is 2.51. The van der Waals surface area contributed by atoms with Crippen molar-refractivity contribution in [1.29, 1.82) is 0 Å². The van der Waals surface area contributed by atoms with Crippen LogP contribution < -0.4 is 4.90 Å². The second kappa shape index (κ2) is 4.97. The second-order valence-corrected chi connectivity index (χ2v) is 4.01. The molecule has 2 rings (SSSR count). The molecule has 19 heavy (non-hydrogen) atoms. The van der Waals surface area contributed by atoms with Crippen molar-refractivity contribution in [3.63, 3.8) is 0 Å². The molecule has 0 aromatic heterocycles. The van der Waals surface area contributed by atoms with E-state index in [2.05, 4.69) is 0 Å². The van der Waals surface area contributed by atoms with Crippen LogP contribution in [0, 0.1) is 5.82 Å². The number of benzene rings is 2. The van der Waals surface area contributed by atoms with Crippen LogP contribution in [0.4, 0.5) is 10.1 Å². The van der Waals surface area contributed by atoms with Gasteiger partial charge in [0.05, 0.1) is 0 Å². The van der Waals surface area contributed by atoms with Crippen LogP contribution in [0.1, 0.15) is 10.4 Å². The van der Waals surface area contributed by atoms with Gasteiger partial charge in [-0.15, -0.1) is 0 Å². The minimum Gasteiger partial charge on any atom is -0.508 e. The normalized spacial score (nSPS) is 10.2. The minimum absolute atomic E-state index is 0.0679. The lowest BCUT2D eigenvalue weighted by molar-refractivity contribution is 0.0986. The van der Waals surface area contributed by atoms with Gasteiger partial charge in [0.2, 0.25) is 0 Å². The highest BCUT2D eigenvalue weighted by Gasteiger charge is 2.21. The van der Waals surface area contributed by atoms with E-state index in [1.807, 2.05) is 0 Å². The molecule has 0 radical (unpaired) electrons. The van der Waals surface area contributed by atoms with E-state index in [1.165, 1.54) is 48.3 Å². The molecule has 0 saturated heterocycles.